The molecule has 0 radical (unpaired) electrons. The lowest BCUT2D eigenvalue weighted by Gasteiger charge is -2.25. The summed E-state index contributed by atoms with van der Waals surface area (Å²) in [5.41, 5.74) is 0.790. The molecule has 0 aromatic heterocycles. The quantitative estimate of drug-likeness (QED) is 0.239. The van der Waals surface area contributed by atoms with Gasteiger partial charge in [0, 0.05) is 26.1 Å². The molecule has 0 bridgehead atoms. The average molecular weight is 425 g/mol. The molecule has 1 atom stereocenters. The summed E-state index contributed by atoms with van der Waals surface area (Å²) < 4.78 is 15.4. The van der Waals surface area contributed by atoms with Gasteiger partial charge < -0.3 is 24.2 Å². The number of aliphatic hydroxyl groups excluding tert-OH is 1. The van der Waals surface area contributed by atoms with E-state index in [0.29, 0.717) is 16.9 Å². The van der Waals surface area contributed by atoms with Crippen LogP contribution in [0.25, 0.3) is 5.76 Å². The number of esters is 1. The number of nitrogens with zero attached hydrogens (tertiary/aromatic N) is 1. The summed E-state index contributed by atoms with van der Waals surface area (Å²) in [4.78, 5) is 38.4. The first-order chi connectivity index (χ1) is 14.9. The number of carbonyl (C=O) groups is 3. The Kier molecular flexibility index (Phi) is 6.71. The molecule has 1 fully saturated rings. The Morgan fingerprint density at radius 2 is 1.77 bits per heavy atom. The molecule has 0 aliphatic carbocycles. The highest BCUT2D eigenvalue weighted by Crippen LogP contribution is 2.40. The fourth-order valence-electron chi connectivity index (χ4n) is 3.49. The Balaban J connectivity index is 2.16. The Morgan fingerprint density at radius 1 is 1.06 bits per heavy atom. The fourth-order valence-corrected chi connectivity index (χ4v) is 3.49. The van der Waals surface area contributed by atoms with Crippen LogP contribution >= 0.6 is 0 Å². The van der Waals surface area contributed by atoms with Gasteiger partial charge in [0.05, 0.1) is 25.3 Å². The van der Waals surface area contributed by atoms with E-state index in [4.69, 9.17) is 14.2 Å². The predicted octanol–water partition coefficient (Wildman–Crippen LogP) is 2.69. The van der Waals surface area contributed by atoms with Crippen molar-refractivity contribution in [2.75, 3.05) is 27.4 Å². The number of hydrogen-bond acceptors (Lipinski definition) is 7. The third-order valence-corrected chi connectivity index (χ3v) is 4.85. The maximum Gasteiger partial charge on any atom is 0.308 e. The predicted molar refractivity (Wildman–Crippen MR) is 112 cm³/mol. The van der Waals surface area contributed by atoms with Crippen LogP contribution < -0.4 is 9.47 Å². The topological polar surface area (TPSA) is 102 Å². The zero-order valence-electron chi connectivity index (χ0n) is 17.5. The van der Waals surface area contributed by atoms with E-state index in [2.05, 4.69) is 0 Å². The normalized spacial score (nSPS) is 17.6. The fraction of sp³-hybridized carbons (Fsp3) is 0.261. The highest BCUT2D eigenvalue weighted by Gasteiger charge is 2.46. The molecule has 0 saturated carbocycles. The first-order valence-corrected chi connectivity index (χ1v) is 9.57. The standard InChI is InChI=1S/C23H23NO7/c1-14(25)31-18-9-4-6-15(12-18)20-19(22(27)23(28)24(20)10-11-29-2)21(26)16-7-5-8-17(13-16)30-3/h4-9,12-13,20,26H,10-11H2,1-3H3/b21-19-. The van der Waals surface area contributed by atoms with Crippen molar-refractivity contribution in [3.05, 3.63) is 65.2 Å². The molecule has 162 valence electrons. The number of carbonyl (C=O) groups excluding carboxylic acids is 3. The van der Waals surface area contributed by atoms with Gasteiger partial charge in [0.2, 0.25) is 0 Å². The summed E-state index contributed by atoms with van der Waals surface area (Å²) in [6.07, 6.45) is 0. The van der Waals surface area contributed by atoms with Crippen molar-refractivity contribution in [3.63, 3.8) is 0 Å². The maximum absolute atomic E-state index is 12.9. The molecule has 8 heteroatoms. The number of amides is 1. The largest absolute Gasteiger partial charge is 0.507 e. The Morgan fingerprint density at radius 3 is 2.45 bits per heavy atom. The van der Waals surface area contributed by atoms with Gasteiger partial charge in [0.15, 0.2) is 0 Å². The minimum absolute atomic E-state index is 0.0608. The second-order valence-corrected chi connectivity index (χ2v) is 6.88. The SMILES string of the molecule is COCCN1C(=O)C(=O)/C(=C(\O)c2cccc(OC)c2)C1c1cccc(OC(C)=O)c1. The lowest BCUT2D eigenvalue weighted by atomic mass is 9.95. The molecule has 1 aliphatic rings. The highest BCUT2D eigenvalue weighted by atomic mass is 16.5. The van der Waals surface area contributed by atoms with Gasteiger partial charge in [-0.05, 0) is 29.8 Å². The van der Waals surface area contributed by atoms with Gasteiger partial charge in [-0.2, -0.15) is 0 Å². The minimum atomic E-state index is -0.878. The van der Waals surface area contributed by atoms with Crippen LogP contribution in [0, 0.1) is 0 Å². The summed E-state index contributed by atoms with van der Waals surface area (Å²) in [6.45, 7) is 1.62. The van der Waals surface area contributed by atoms with Gasteiger partial charge in [-0.15, -0.1) is 0 Å². The van der Waals surface area contributed by atoms with Crippen LogP contribution in [0.1, 0.15) is 24.1 Å². The molecule has 8 nitrogen and oxygen atoms in total. The molecule has 31 heavy (non-hydrogen) atoms. The van der Waals surface area contributed by atoms with Crippen LogP contribution in [-0.4, -0.2) is 55.0 Å². The van der Waals surface area contributed by atoms with E-state index in [-0.39, 0.29) is 30.2 Å². The average Bonchev–Trinajstić information content (AvgIpc) is 3.01. The zero-order valence-corrected chi connectivity index (χ0v) is 17.5. The van der Waals surface area contributed by atoms with Crippen LogP contribution in [0.5, 0.6) is 11.5 Å². The number of hydrogen-bond donors (Lipinski definition) is 1. The van der Waals surface area contributed by atoms with Crippen molar-refractivity contribution in [1.29, 1.82) is 0 Å². The second-order valence-electron chi connectivity index (χ2n) is 6.88. The molecule has 1 saturated heterocycles. The third-order valence-electron chi connectivity index (χ3n) is 4.85. The van der Waals surface area contributed by atoms with E-state index < -0.39 is 23.7 Å². The van der Waals surface area contributed by atoms with Crippen molar-refractivity contribution >= 4 is 23.4 Å². The van der Waals surface area contributed by atoms with Gasteiger partial charge >= 0.3 is 5.97 Å². The number of Topliss-reactive ketones (excluding diaryl/α,β-unsaturated/α-hetero) is 1. The van der Waals surface area contributed by atoms with Crippen LogP contribution in [0.4, 0.5) is 0 Å². The van der Waals surface area contributed by atoms with Crippen molar-refractivity contribution in [1.82, 2.24) is 4.90 Å². The summed E-state index contributed by atoms with van der Waals surface area (Å²) in [5, 5.41) is 11.0. The summed E-state index contributed by atoms with van der Waals surface area (Å²) >= 11 is 0. The summed E-state index contributed by atoms with van der Waals surface area (Å²) in [7, 11) is 2.98. The Labute approximate surface area is 179 Å². The molecular formula is C23H23NO7. The van der Waals surface area contributed by atoms with Crippen molar-refractivity contribution < 1.29 is 33.7 Å². The first-order valence-electron chi connectivity index (χ1n) is 9.57. The van der Waals surface area contributed by atoms with Crippen LogP contribution in [-0.2, 0) is 19.1 Å². The number of aliphatic hydroxyl groups is 1. The van der Waals surface area contributed by atoms with Crippen LogP contribution in [0.3, 0.4) is 0 Å². The molecule has 2 aromatic carbocycles. The number of likely N-dealkylation sites (tertiary alicyclic amines) is 1. The molecule has 1 N–H and O–H groups in total. The van der Waals surface area contributed by atoms with Gasteiger partial charge in [-0.25, -0.2) is 0 Å². The smallest absolute Gasteiger partial charge is 0.308 e. The third kappa shape index (κ3) is 4.59. The maximum atomic E-state index is 12.9. The lowest BCUT2D eigenvalue weighted by Crippen LogP contribution is -2.32. The van der Waals surface area contributed by atoms with Crippen molar-refractivity contribution in [3.8, 4) is 11.5 Å². The van der Waals surface area contributed by atoms with Crippen LogP contribution in [0.15, 0.2) is 54.1 Å². The van der Waals surface area contributed by atoms with Gasteiger partial charge in [-0.1, -0.05) is 24.3 Å². The van der Waals surface area contributed by atoms with Crippen LogP contribution in [0.2, 0.25) is 0 Å². The lowest BCUT2D eigenvalue weighted by molar-refractivity contribution is -0.140. The number of methoxy groups -OCH3 is 2. The Hall–Kier alpha value is -3.65. The number of ketones is 1. The second kappa shape index (κ2) is 9.44. The molecule has 0 spiro atoms. The molecular weight excluding hydrogens is 402 g/mol. The van der Waals surface area contributed by atoms with Gasteiger partial charge in [0.1, 0.15) is 17.3 Å². The number of ether oxygens (including phenoxy) is 3. The van der Waals surface area contributed by atoms with Gasteiger partial charge in [0.25, 0.3) is 11.7 Å². The minimum Gasteiger partial charge on any atom is -0.507 e. The number of rotatable bonds is 7. The highest BCUT2D eigenvalue weighted by molar-refractivity contribution is 6.46. The van der Waals surface area contributed by atoms with E-state index >= 15 is 0 Å². The summed E-state index contributed by atoms with van der Waals surface area (Å²) in [6, 6.07) is 12.2. The first kappa shape index (κ1) is 22.0. The van der Waals surface area contributed by atoms with Gasteiger partial charge in [-0.3, -0.25) is 14.4 Å². The monoisotopic (exact) mass is 425 g/mol. The summed E-state index contributed by atoms with van der Waals surface area (Å²) in [5.74, 6) is -1.61. The molecule has 2 aromatic rings. The number of benzene rings is 2. The van der Waals surface area contributed by atoms with E-state index in [1.807, 2.05) is 0 Å². The molecule has 3 rings (SSSR count). The molecule has 1 aliphatic heterocycles. The van der Waals surface area contributed by atoms with Crippen molar-refractivity contribution in [2.24, 2.45) is 0 Å². The Bertz CT molecular complexity index is 1040. The molecule has 1 heterocycles. The van der Waals surface area contributed by atoms with Crippen molar-refractivity contribution in [2.45, 2.75) is 13.0 Å². The van der Waals surface area contributed by atoms with E-state index in [1.165, 1.54) is 26.0 Å². The zero-order chi connectivity index (χ0) is 22.5. The molecule has 1 unspecified atom stereocenters. The van der Waals surface area contributed by atoms with E-state index in [0.717, 1.165) is 0 Å². The van der Waals surface area contributed by atoms with E-state index in [1.54, 1.807) is 48.5 Å². The molecule has 1 amide bonds. The van der Waals surface area contributed by atoms with E-state index in [9.17, 15) is 19.5 Å².